The third-order valence-corrected chi connectivity index (χ3v) is 2.04. The predicted molar refractivity (Wildman–Crippen MR) is 60.3 cm³/mol. The van der Waals surface area contributed by atoms with E-state index in [0.29, 0.717) is 11.3 Å². The van der Waals surface area contributed by atoms with Crippen molar-refractivity contribution in [2.75, 3.05) is 0 Å². The van der Waals surface area contributed by atoms with Gasteiger partial charge in [-0.15, -0.1) is 0 Å². The molecule has 0 saturated carbocycles. The summed E-state index contributed by atoms with van der Waals surface area (Å²) >= 11 is 0. The first-order chi connectivity index (χ1) is 7.93. The van der Waals surface area contributed by atoms with Gasteiger partial charge in [0.15, 0.2) is 0 Å². The monoisotopic (exact) mass is 236 g/mol. The van der Waals surface area contributed by atoms with Gasteiger partial charge in [0, 0.05) is 0 Å². The van der Waals surface area contributed by atoms with Crippen LogP contribution in [0.5, 0.6) is 0 Å². The van der Waals surface area contributed by atoms with Gasteiger partial charge < -0.3 is 14.6 Å². The number of hydrogen-bond acceptors (Lipinski definition) is 3. The van der Waals surface area contributed by atoms with Crippen LogP contribution in [0.1, 0.15) is 19.6 Å². The number of hydrogen-bond donors (Lipinski definition) is 2. The molecule has 1 aromatic heterocycles. The lowest BCUT2D eigenvalue weighted by Gasteiger charge is -2.05. The molecular formula is C12H12O5. The number of carbonyl (C=O) groups is 2. The van der Waals surface area contributed by atoms with Crippen molar-refractivity contribution in [3.8, 4) is 0 Å². The maximum absolute atomic E-state index is 11.1. The fourth-order valence-corrected chi connectivity index (χ4v) is 1.35. The zero-order valence-electron chi connectivity index (χ0n) is 9.43. The van der Waals surface area contributed by atoms with Gasteiger partial charge >= 0.3 is 11.9 Å². The molecule has 0 aliphatic rings. The van der Waals surface area contributed by atoms with Gasteiger partial charge in [0.1, 0.15) is 5.76 Å². The third-order valence-electron chi connectivity index (χ3n) is 2.04. The van der Waals surface area contributed by atoms with Gasteiger partial charge in [-0.25, -0.2) is 9.59 Å². The molecule has 0 radical (unpaired) electrons. The standard InChI is InChI=1S/C12H12O5/c1-7(2)10(12(15)16)9(11(13)14)6-8-4-3-5-17-8/h3-6H,1-2H3,(H,13,14)(H,15,16)/b9-6+. The minimum absolute atomic E-state index is 0.228. The number of carboxylic acid groups (broad SMARTS) is 2. The highest BCUT2D eigenvalue weighted by molar-refractivity contribution is 6.08. The fraction of sp³-hybridized carbons (Fsp3) is 0.167. The van der Waals surface area contributed by atoms with Gasteiger partial charge in [-0.3, -0.25) is 0 Å². The van der Waals surface area contributed by atoms with Crippen LogP contribution in [-0.2, 0) is 9.59 Å². The molecule has 0 amide bonds. The van der Waals surface area contributed by atoms with E-state index in [1.54, 1.807) is 26.0 Å². The summed E-state index contributed by atoms with van der Waals surface area (Å²) in [7, 11) is 0. The van der Waals surface area contributed by atoms with Crippen LogP contribution in [0.4, 0.5) is 0 Å². The van der Waals surface area contributed by atoms with Crippen molar-refractivity contribution in [1.82, 2.24) is 0 Å². The predicted octanol–water partition coefficient (Wildman–Crippen LogP) is 2.17. The summed E-state index contributed by atoms with van der Waals surface area (Å²) in [5, 5.41) is 18.0. The van der Waals surface area contributed by atoms with Crippen LogP contribution in [0.15, 0.2) is 39.5 Å². The molecule has 1 heterocycles. The van der Waals surface area contributed by atoms with Crippen molar-refractivity contribution >= 4 is 18.0 Å². The summed E-state index contributed by atoms with van der Waals surface area (Å²) in [6.07, 6.45) is 2.58. The number of aliphatic carboxylic acids is 2. The van der Waals surface area contributed by atoms with E-state index in [0.717, 1.165) is 0 Å². The smallest absolute Gasteiger partial charge is 0.336 e. The average Bonchev–Trinajstić information content (AvgIpc) is 2.67. The first-order valence-corrected chi connectivity index (χ1v) is 4.83. The maximum Gasteiger partial charge on any atom is 0.336 e. The van der Waals surface area contributed by atoms with E-state index >= 15 is 0 Å². The van der Waals surface area contributed by atoms with Gasteiger partial charge in [-0.05, 0) is 32.1 Å². The van der Waals surface area contributed by atoms with Crippen LogP contribution in [0.2, 0.25) is 0 Å². The van der Waals surface area contributed by atoms with Crippen LogP contribution in [-0.4, -0.2) is 22.2 Å². The van der Waals surface area contributed by atoms with E-state index in [-0.39, 0.29) is 11.1 Å². The maximum atomic E-state index is 11.1. The molecule has 5 heteroatoms. The summed E-state index contributed by atoms with van der Waals surface area (Å²) in [6.45, 7) is 3.09. The quantitative estimate of drug-likeness (QED) is 0.617. The molecule has 2 N–H and O–H groups in total. The minimum Gasteiger partial charge on any atom is -0.478 e. The molecule has 0 spiro atoms. The number of rotatable bonds is 4. The zero-order valence-corrected chi connectivity index (χ0v) is 9.43. The lowest BCUT2D eigenvalue weighted by Crippen LogP contribution is -2.12. The molecule has 0 aliphatic heterocycles. The van der Waals surface area contributed by atoms with Crippen LogP contribution < -0.4 is 0 Å². The summed E-state index contributed by atoms with van der Waals surface area (Å²) in [5.74, 6) is -2.28. The number of allylic oxidation sites excluding steroid dienone is 1. The van der Waals surface area contributed by atoms with E-state index < -0.39 is 11.9 Å². The molecule has 0 saturated heterocycles. The van der Waals surface area contributed by atoms with Crippen molar-refractivity contribution in [2.24, 2.45) is 0 Å². The molecule has 0 unspecified atom stereocenters. The summed E-state index contributed by atoms with van der Waals surface area (Å²) in [6, 6.07) is 3.14. The first kappa shape index (κ1) is 12.8. The molecule has 0 aliphatic carbocycles. The molecule has 0 aromatic carbocycles. The summed E-state index contributed by atoms with van der Waals surface area (Å²) in [5.41, 5.74) is -0.112. The second kappa shape index (κ2) is 5.16. The van der Waals surface area contributed by atoms with E-state index in [2.05, 4.69) is 0 Å². The minimum atomic E-state index is -1.31. The Morgan fingerprint density at radius 2 is 1.88 bits per heavy atom. The number of carboxylic acids is 2. The van der Waals surface area contributed by atoms with E-state index in [1.807, 2.05) is 0 Å². The van der Waals surface area contributed by atoms with Crippen molar-refractivity contribution < 1.29 is 24.2 Å². The lowest BCUT2D eigenvalue weighted by molar-refractivity contribution is -0.136. The second-order valence-corrected chi connectivity index (χ2v) is 3.56. The van der Waals surface area contributed by atoms with E-state index in [4.69, 9.17) is 14.6 Å². The highest BCUT2D eigenvalue weighted by atomic mass is 16.4. The number of furan rings is 1. The Bertz CT molecular complexity index is 487. The van der Waals surface area contributed by atoms with E-state index in [9.17, 15) is 9.59 Å². The Balaban J connectivity index is 3.32. The summed E-state index contributed by atoms with van der Waals surface area (Å²) in [4.78, 5) is 22.1. The van der Waals surface area contributed by atoms with Crippen LogP contribution in [0.25, 0.3) is 6.08 Å². The lowest BCUT2D eigenvalue weighted by atomic mass is 10.0. The van der Waals surface area contributed by atoms with Crippen molar-refractivity contribution in [2.45, 2.75) is 13.8 Å². The van der Waals surface area contributed by atoms with Crippen LogP contribution in [0.3, 0.4) is 0 Å². The fourth-order valence-electron chi connectivity index (χ4n) is 1.35. The Morgan fingerprint density at radius 1 is 1.24 bits per heavy atom. The largest absolute Gasteiger partial charge is 0.478 e. The average molecular weight is 236 g/mol. The zero-order chi connectivity index (χ0) is 13.0. The highest BCUT2D eigenvalue weighted by Gasteiger charge is 2.21. The molecule has 0 fully saturated rings. The van der Waals surface area contributed by atoms with Crippen molar-refractivity contribution in [1.29, 1.82) is 0 Å². The van der Waals surface area contributed by atoms with Crippen molar-refractivity contribution in [3.63, 3.8) is 0 Å². The Labute approximate surface area is 97.7 Å². The molecular weight excluding hydrogens is 224 g/mol. The molecule has 90 valence electrons. The van der Waals surface area contributed by atoms with E-state index in [1.165, 1.54) is 12.3 Å². The van der Waals surface area contributed by atoms with Gasteiger partial charge in [0.2, 0.25) is 0 Å². The van der Waals surface area contributed by atoms with Crippen LogP contribution in [0, 0.1) is 0 Å². The Morgan fingerprint density at radius 3 is 2.24 bits per heavy atom. The van der Waals surface area contributed by atoms with Crippen LogP contribution >= 0.6 is 0 Å². The molecule has 1 aromatic rings. The SMILES string of the molecule is CC(C)=C(C(=O)O)/C(=C\c1ccco1)C(=O)O. The second-order valence-electron chi connectivity index (χ2n) is 3.56. The van der Waals surface area contributed by atoms with Gasteiger partial charge in [-0.1, -0.05) is 5.57 Å². The van der Waals surface area contributed by atoms with Gasteiger partial charge in [-0.2, -0.15) is 0 Å². The van der Waals surface area contributed by atoms with Crippen molar-refractivity contribution in [3.05, 3.63) is 40.9 Å². The first-order valence-electron chi connectivity index (χ1n) is 4.83. The molecule has 1 rings (SSSR count). The molecule has 5 nitrogen and oxygen atoms in total. The normalized spacial score (nSPS) is 11.1. The third kappa shape index (κ3) is 3.07. The topological polar surface area (TPSA) is 87.7 Å². The summed E-state index contributed by atoms with van der Waals surface area (Å²) < 4.78 is 4.97. The highest BCUT2D eigenvalue weighted by Crippen LogP contribution is 2.19. The molecule has 17 heavy (non-hydrogen) atoms. The van der Waals surface area contributed by atoms with Gasteiger partial charge in [0.25, 0.3) is 0 Å². The Hall–Kier alpha value is -2.30. The van der Waals surface area contributed by atoms with Gasteiger partial charge in [0.05, 0.1) is 17.4 Å². The Kier molecular flexibility index (Phi) is 3.87. The molecule has 0 atom stereocenters. The molecule has 0 bridgehead atoms.